The van der Waals surface area contributed by atoms with Crippen molar-refractivity contribution in [3.63, 3.8) is 0 Å². The van der Waals surface area contributed by atoms with Gasteiger partial charge in [0.1, 0.15) is 0 Å². The predicted octanol–water partition coefficient (Wildman–Crippen LogP) is -2.30. The van der Waals surface area contributed by atoms with Crippen LogP contribution in [-0.4, -0.2) is 11.9 Å². The Kier molecular flexibility index (Phi) is 8.40. The molecule has 0 radical (unpaired) electrons. The summed E-state index contributed by atoms with van der Waals surface area (Å²) in [6.07, 6.45) is 1.26. The van der Waals surface area contributed by atoms with Crippen LogP contribution in [-0.2, 0) is 4.79 Å². The standard InChI is InChI=1S/C6H11NO.Na/c1-4-6(8)7-5(2)3;/h4-5H,1H2,2-3H3,(H,7,8);/q;+1. The van der Waals surface area contributed by atoms with E-state index in [0.717, 1.165) is 0 Å². The van der Waals surface area contributed by atoms with E-state index in [0.29, 0.717) is 0 Å². The fourth-order valence-corrected chi connectivity index (χ4v) is 0.343. The van der Waals surface area contributed by atoms with Crippen molar-refractivity contribution >= 4 is 5.91 Å². The first-order valence-corrected chi connectivity index (χ1v) is 2.59. The Labute approximate surface area is 78.0 Å². The fourth-order valence-electron chi connectivity index (χ4n) is 0.343. The van der Waals surface area contributed by atoms with E-state index < -0.39 is 0 Å². The normalized spacial score (nSPS) is 7.89. The molecule has 9 heavy (non-hydrogen) atoms. The van der Waals surface area contributed by atoms with E-state index in [1.54, 1.807) is 0 Å². The summed E-state index contributed by atoms with van der Waals surface area (Å²) in [5.74, 6) is -0.111. The second-order valence-electron chi connectivity index (χ2n) is 1.87. The Morgan fingerprint density at radius 3 is 2.22 bits per heavy atom. The molecule has 0 saturated carbocycles. The maximum atomic E-state index is 10.4. The van der Waals surface area contributed by atoms with Gasteiger partial charge in [0.15, 0.2) is 0 Å². The SMILES string of the molecule is C=CC(=O)NC(C)C.[Na+]. The van der Waals surface area contributed by atoms with Crippen LogP contribution in [0.4, 0.5) is 0 Å². The molecule has 2 nitrogen and oxygen atoms in total. The maximum absolute atomic E-state index is 10.4. The van der Waals surface area contributed by atoms with Crippen LogP contribution < -0.4 is 34.9 Å². The van der Waals surface area contributed by atoms with Gasteiger partial charge in [0, 0.05) is 6.04 Å². The van der Waals surface area contributed by atoms with E-state index in [-0.39, 0.29) is 41.5 Å². The van der Waals surface area contributed by atoms with E-state index >= 15 is 0 Å². The quantitative estimate of drug-likeness (QED) is 0.336. The Morgan fingerprint density at radius 2 is 2.11 bits per heavy atom. The number of nitrogens with one attached hydrogen (secondary N) is 1. The third-order valence-electron chi connectivity index (χ3n) is 0.616. The summed E-state index contributed by atoms with van der Waals surface area (Å²) in [4.78, 5) is 10.4. The summed E-state index contributed by atoms with van der Waals surface area (Å²) < 4.78 is 0. The van der Waals surface area contributed by atoms with Gasteiger partial charge in [-0.1, -0.05) is 6.58 Å². The Balaban J connectivity index is 0. The monoisotopic (exact) mass is 136 g/mol. The molecule has 0 fully saturated rings. The van der Waals surface area contributed by atoms with Crippen molar-refractivity contribution in [2.24, 2.45) is 0 Å². The van der Waals surface area contributed by atoms with Gasteiger partial charge in [-0.15, -0.1) is 0 Å². The number of carbonyl (C=O) groups is 1. The minimum atomic E-state index is -0.111. The van der Waals surface area contributed by atoms with Gasteiger partial charge >= 0.3 is 29.6 Å². The number of carbonyl (C=O) groups excluding carboxylic acids is 1. The summed E-state index contributed by atoms with van der Waals surface area (Å²) in [5, 5.41) is 2.64. The van der Waals surface area contributed by atoms with Crippen molar-refractivity contribution in [2.75, 3.05) is 0 Å². The van der Waals surface area contributed by atoms with Gasteiger partial charge in [-0.05, 0) is 19.9 Å². The first-order chi connectivity index (χ1) is 3.66. The second kappa shape index (κ2) is 6.33. The van der Waals surface area contributed by atoms with Crippen molar-refractivity contribution < 1.29 is 34.4 Å². The van der Waals surface area contributed by atoms with Crippen LogP contribution in [0.2, 0.25) is 0 Å². The summed E-state index contributed by atoms with van der Waals surface area (Å²) in [5.41, 5.74) is 0. The smallest absolute Gasteiger partial charge is 0.350 e. The summed E-state index contributed by atoms with van der Waals surface area (Å²) in [6, 6.07) is 0.209. The number of hydrogen-bond acceptors (Lipinski definition) is 1. The van der Waals surface area contributed by atoms with Crippen molar-refractivity contribution in [3.05, 3.63) is 12.7 Å². The van der Waals surface area contributed by atoms with Crippen LogP contribution >= 0.6 is 0 Å². The molecule has 1 N–H and O–H groups in total. The largest absolute Gasteiger partial charge is 1.00 e. The van der Waals surface area contributed by atoms with Crippen LogP contribution in [0.25, 0.3) is 0 Å². The average Bonchev–Trinajstić information content (AvgIpc) is 1.65. The van der Waals surface area contributed by atoms with E-state index in [1.807, 2.05) is 13.8 Å². The zero-order chi connectivity index (χ0) is 6.57. The molecular formula is C6H11NNaO+. The van der Waals surface area contributed by atoms with Crippen LogP contribution in [0.5, 0.6) is 0 Å². The molecule has 0 aromatic heterocycles. The van der Waals surface area contributed by atoms with E-state index in [4.69, 9.17) is 0 Å². The molecule has 0 aliphatic heterocycles. The molecule has 0 aromatic rings. The van der Waals surface area contributed by atoms with Crippen LogP contribution in [0.1, 0.15) is 13.8 Å². The van der Waals surface area contributed by atoms with Crippen molar-refractivity contribution in [1.82, 2.24) is 5.32 Å². The Bertz CT molecular complexity index is 101. The second-order valence-corrected chi connectivity index (χ2v) is 1.87. The van der Waals surface area contributed by atoms with E-state index in [9.17, 15) is 4.79 Å². The Hall–Kier alpha value is 0.210. The molecule has 46 valence electrons. The van der Waals surface area contributed by atoms with E-state index in [2.05, 4.69) is 11.9 Å². The van der Waals surface area contributed by atoms with E-state index in [1.165, 1.54) is 6.08 Å². The maximum Gasteiger partial charge on any atom is 1.00 e. The molecule has 3 heteroatoms. The Morgan fingerprint density at radius 1 is 1.67 bits per heavy atom. The van der Waals surface area contributed by atoms with Gasteiger partial charge in [-0.2, -0.15) is 0 Å². The van der Waals surface area contributed by atoms with Gasteiger partial charge in [0.2, 0.25) is 5.91 Å². The van der Waals surface area contributed by atoms with Crippen LogP contribution in [0.3, 0.4) is 0 Å². The van der Waals surface area contributed by atoms with Gasteiger partial charge in [0.05, 0.1) is 0 Å². The molecule has 0 rings (SSSR count). The van der Waals surface area contributed by atoms with Crippen molar-refractivity contribution in [3.8, 4) is 0 Å². The van der Waals surface area contributed by atoms with Gasteiger partial charge < -0.3 is 5.32 Å². The first-order valence-electron chi connectivity index (χ1n) is 2.59. The summed E-state index contributed by atoms with van der Waals surface area (Å²) in [6.45, 7) is 7.11. The molecule has 1 amide bonds. The van der Waals surface area contributed by atoms with Crippen molar-refractivity contribution in [1.29, 1.82) is 0 Å². The number of rotatable bonds is 2. The summed E-state index contributed by atoms with van der Waals surface area (Å²) >= 11 is 0. The van der Waals surface area contributed by atoms with Gasteiger partial charge in [-0.3, -0.25) is 4.79 Å². The molecule has 0 saturated heterocycles. The van der Waals surface area contributed by atoms with Crippen molar-refractivity contribution in [2.45, 2.75) is 19.9 Å². The first kappa shape index (κ1) is 11.9. The molecule has 0 bridgehead atoms. The molecule has 0 unspecified atom stereocenters. The molecule has 0 aliphatic rings. The topological polar surface area (TPSA) is 29.1 Å². The predicted molar refractivity (Wildman–Crippen MR) is 33.5 cm³/mol. The van der Waals surface area contributed by atoms with Gasteiger partial charge in [-0.25, -0.2) is 0 Å². The zero-order valence-electron chi connectivity index (χ0n) is 6.27. The van der Waals surface area contributed by atoms with Crippen LogP contribution in [0, 0.1) is 0 Å². The minimum Gasteiger partial charge on any atom is -0.350 e. The average molecular weight is 136 g/mol. The molecular weight excluding hydrogens is 125 g/mol. The summed E-state index contributed by atoms with van der Waals surface area (Å²) in [7, 11) is 0. The minimum absolute atomic E-state index is 0. The molecule has 0 heterocycles. The number of hydrogen-bond donors (Lipinski definition) is 1. The zero-order valence-corrected chi connectivity index (χ0v) is 8.27. The van der Waals surface area contributed by atoms with Crippen LogP contribution in [0.15, 0.2) is 12.7 Å². The number of amides is 1. The molecule has 0 spiro atoms. The third kappa shape index (κ3) is 8.21. The molecule has 0 aromatic carbocycles. The fraction of sp³-hybridized carbons (Fsp3) is 0.500. The molecule has 0 aliphatic carbocycles. The van der Waals surface area contributed by atoms with Gasteiger partial charge in [0.25, 0.3) is 0 Å². The molecule has 0 atom stereocenters. The third-order valence-corrected chi connectivity index (χ3v) is 0.616.